The number of benzene rings is 2. The molecule has 2 bridgehead atoms. The number of nitrogens with one attached hydrogen (secondary N) is 1. The minimum atomic E-state index is 0.243. The van der Waals surface area contributed by atoms with E-state index < -0.39 is 0 Å². The third kappa shape index (κ3) is 2.94. The van der Waals surface area contributed by atoms with Crippen molar-refractivity contribution < 1.29 is 4.79 Å². The highest BCUT2D eigenvalue weighted by atomic mass is 32.2. The SMILES string of the molecule is O=C(Nc1ccc([S+]2CCCCC2)c2ccccc12)C1CC2CCC1C2. The van der Waals surface area contributed by atoms with Crippen LogP contribution in [0.1, 0.15) is 44.9 Å². The maximum Gasteiger partial charge on any atom is 0.227 e. The van der Waals surface area contributed by atoms with Crippen molar-refractivity contribution in [2.24, 2.45) is 17.8 Å². The number of carbonyl (C=O) groups is 1. The molecule has 26 heavy (non-hydrogen) atoms. The van der Waals surface area contributed by atoms with Crippen molar-refractivity contribution in [3.8, 4) is 0 Å². The molecule has 2 aromatic rings. The van der Waals surface area contributed by atoms with Gasteiger partial charge in [0.25, 0.3) is 0 Å². The Bertz CT molecular complexity index is 826. The summed E-state index contributed by atoms with van der Waals surface area (Å²) in [5, 5.41) is 5.88. The first-order valence-corrected chi connectivity index (χ1v) is 11.9. The highest BCUT2D eigenvalue weighted by molar-refractivity contribution is 7.97. The lowest BCUT2D eigenvalue weighted by Gasteiger charge is -2.22. The van der Waals surface area contributed by atoms with Crippen LogP contribution >= 0.6 is 0 Å². The Hall–Kier alpha value is -1.48. The molecule has 2 saturated carbocycles. The topological polar surface area (TPSA) is 29.1 Å². The van der Waals surface area contributed by atoms with Crippen LogP contribution in [-0.4, -0.2) is 17.4 Å². The zero-order chi connectivity index (χ0) is 17.5. The summed E-state index contributed by atoms with van der Waals surface area (Å²) < 4.78 is 0. The van der Waals surface area contributed by atoms with E-state index in [9.17, 15) is 4.79 Å². The van der Waals surface area contributed by atoms with E-state index in [0.29, 0.717) is 16.8 Å². The summed E-state index contributed by atoms with van der Waals surface area (Å²) in [6.07, 6.45) is 9.09. The molecular formula is C23H28NOS+. The van der Waals surface area contributed by atoms with Crippen LogP contribution in [0.4, 0.5) is 5.69 Å². The van der Waals surface area contributed by atoms with Gasteiger partial charge >= 0.3 is 0 Å². The van der Waals surface area contributed by atoms with E-state index in [1.807, 2.05) is 0 Å². The van der Waals surface area contributed by atoms with Crippen LogP contribution in [0.2, 0.25) is 0 Å². The van der Waals surface area contributed by atoms with Gasteiger partial charge in [0.2, 0.25) is 5.91 Å². The van der Waals surface area contributed by atoms with Crippen molar-refractivity contribution in [1.29, 1.82) is 0 Å². The summed E-state index contributed by atoms with van der Waals surface area (Å²) >= 11 is 0. The Morgan fingerprint density at radius 3 is 2.46 bits per heavy atom. The van der Waals surface area contributed by atoms with Crippen molar-refractivity contribution in [3.05, 3.63) is 36.4 Å². The largest absolute Gasteiger partial charge is 0.325 e. The molecule has 0 spiro atoms. The molecule has 0 radical (unpaired) electrons. The molecule has 1 saturated heterocycles. The van der Waals surface area contributed by atoms with Crippen LogP contribution in [0.15, 0.2) is 41.3 Å². The minimum Gasteiger partial charge on any atom is -0.325 e. The average molecular weight is 367 g/mol. The molecule has 3 unspecified atom stereocenters. The molecule has 1 aliphatic heterocycles. The van der Waals surface area contributed by atoms with Gasteiger partial charge in [0.1, 0.15) is 11.5 Å². The monoisotopic (exact) mass is 366 g/mol. The highest BCUT2D eigenvalue weighted by Crippen LogP contribution is 2.48. The standard InChI is InChI=1S/C23H27NOS/c25-23(20-15-16-8-9-17(20)14-16)24-21-10-11-22(26-12-4-1-5-13-26)19-7-3-2-6-18(19)21/h2-3,6-7,10-11,16-17,20H,1,4-5,8-9,12-15H2/p+1. The summed E-state index contributed by atoms with van der Waals surface area (Å²) in [6, 6.07) is 13.1. The Kier molecular flexibility index (Phi) is 4.44. The number of carbonyl (C=O) groups excluding carboxylic acids is 1. The van der Waals surface area contributed by atoms with Gasteiger partial charge in [0, 0.05) is 33.3 Å². The van der Waals surface area contributed by atoms with Crippen molar-refractivity contribution in [3.63, 3.8) is 0 Å². The van der Waals surface area contributed by atoms with E-state index in [0.717, 1.165) is 18.0 Å². The van der Waals surface area contributed by atoms with Gasteiger partial charge in [-0.05, 0) is 68.6 Å². The quantitative estimate of drug-likeness (QED) is 0.726. The van der Waals surface area contributed by atoms with E-state index in [2.05, 4.69) is 41.7 Å². The summed E-state index contributed by atoms with van der Waals surface area (Å²) in [5.74, 6) is 4.61. The fourth-order valence-corrected chi connectivity index (χ4v) is 7.97. The predicted molar refractivity (Wildman–Crippen MR) is 111 cm³/mol. The maximum atomic E-state index is 12.9. The van der Waals surface area contributed by atoms with Crippen LogP contribution in [0.5, 0.6) is 0 Å². The number of anilines is 1. The maximum absolute atomic E-state index is 12.9. The Labute approximate surface area is 159 Å². The van der Waals surface area contributed by atoms with Gasteiger partial charge in [-0.2, -0.15) is 0 Å². The minimum absolute atomic E-state index is 0.243. The predicted octanol–water partition coefficient (Wildman–Crippen LogP) is 5.38. The molecule has 1 amide bonds. The van der Waals surface area contributed by atoms with Crippen molar-refractivity contribution in [2.75, 3.05) is 16.8 Å². The summed E-state index contributed by atoms with van der Waals surface area (Å²) in [6.45, 7) is 0. The van der Waals surface area contributed by atoms with Crippen molar-refractivity contribution >= 4 is 33.3 Å². The molecule has 3 heteroatoms. The molecular weight excluding hydrogens is 338 g/mol. The van der Waals surface area contributed by atoms with Crippen LogP contribution < -0.4 is 5.32 Å². The zero-order valence-electron chi connectivity index (χ0n) is 15.4. The van der Waals surface area contributed by atoms with Gasteiger partial charge in [0.05, 0.1) is 0 Å². The molecule has 2 aromatic carbocycles. The van der Waals surface area contributed by atoms with Gasteiger partial charge < -0.3 is 5.32 Å². The lowest BCUT2D eigenvalue weighted by molar-refractivity contribution is -0.121. The van der Waals surface area contributed by atoms with Crippen LogP contribution in [-0.2, 0) is 15.7 Å². The third-order valence-corrected chi connectivity index (χ3v) is 9.35. The van der Waals surface area contributed by atoms with E-state index in [1.165, 1.54) is 65.7 Å². The molecule has 2 nitrogen and oxygen atoms in total. The second kappa shape index (κ2) is 6.92. The van der Waals surface area contributed by atoms with Crippen molar-refractivity contribution in [1.82, 2.24) is 0 Å². The first-order chi connectivity index (χ1) is 12.8. The van der Waals surface area contributed by atoms with E-state index in [4.69, 9.17) is 0 Å². The Morgan fingerprint density at radius 2 is 1.73 bits per heavy atom. The van der Waals surface area contributed by atoms with E-state index in [1.54, 1.807) is 0 Å². The van der Waals surface area contributed by atoms with Crippen LogP contribution in [0.25, 0.3) is 10.8 Å². The van der Waals surface area contributed by atoms with Gasteiger partial charge in [-0.25, -0.2) is 0 Å². The lowest BCUT2D eigenvalue weighted by Crippen LogP contribution is -2.27. The fourth-order valence-electron chi connectivity index (χ4n) is 5.47. The zero-order valence-corrected chi connectivity index (χ0v) is 16.2. The summed E-state index contributed by atoms with van der Waals surface area (Å²) in [5.41, 5.74) is 1.01. The Morgan fingerprint density at radius 1 is 0.923 bits per heavy atom. The number of fused-ring (bicyclic) bond motifs is 3. The second-order valence-electron chi connectivity index (χ2n) is 8.39. The average Bonchev–Trinajstić information content (AvgIpc) is 3.32. The molecule has 3 fully saturated rings. The molecule has 1 N–H and O–H groups in total. The molecule has 0 aromatic heterocycles. The normalized spacial score (nSPS) is 28.5. The molecule has 2 aliphatic carbocycles. The molecule has 3 aliphatic rings. The molecule has 3 atom stereocenters. The number of amides is 1. The lowest BCUT2D eigenvalue weighted by atomic mass is 9.88. The van der Waals surface area contributed by atoms with Gasteiger partial charge in [-0.3, -0.25) is 4.79 Å². The van der Waals surface area contributed by atoms with Gasteiger partial charge in [-0.15, -0.1) is 0 Å². The number of hydrogen-bond acceptors (Lipinski definition) is 1. The summed E-state index contributed by atoms with van der Waals surface area (Å²) in [7, 11) is 0.380. The first-order valence-electron chi connectivity index (χ1n) is 10.3. The van der Waals surface area contributed by atoms with Crippen LogP contribution in [0.3, 0.4) is 0 Å². The highest BCUT2D eigenvalue weighted by Gasteiger charge is 2.43. The Balaban J connectivity index is 1.44. The fraction of sp³-hybridized carbons (Fsp3) is 0.522. The second-order valence-corrected chi connectivity index (χ2v) is 10.6. The molecule has 136 valence electrons. The van der Waals surface area contributed by atoms with E-state index in [-0.39, 0.29) is 11.8 Å². The third-order valence-electron chi connectivity index (χ3n) is 6.81. The summed E-state index contributed by atoms with van der Waals surface area (Å²) in [4.78, 5) is 14.4. The molecule has 5 rings (SSSR count). The number of rotatable bonds is 3. The van der Waals surface area contributed by atoms with Gasteiger partial charge in [0.15, 0.2) is 4.90 Å². The molecule has 1 heterocycles. The smallest absolute Gasteiger partial charge is 0.227 e. The van der Waals surface area contributed by atoms with Crippen molar-refractivity contribution in [2.45, 2.75) is 49.8 Å². The van der Waals surface area contributed by atoms with Crippen LogP contribution in [0, 0.1) is 17.8 Å². The first kappa shape index (κ1) is 16.7. The van der Waals surface area contributed by atoms with Gasteiger partial charge in [-0.1, -0.05) is 24.6 Å². The van der Waals surface area contributed by atoms with E-state index >= 15 is 0 Å². The number of hydrogen-bond donors (Lipinski definition) is 1.